The minimum absolute atomic E-state index is 0.109. The number of nitrogens with one attached hydrogen (secondary N) is 1. The van der Waals surface area contributed by atoms with Crippen LogP contribution in [0, 0.1) is 5.92 Å². The first-order chi connectivity index (χ1) is 13.6. The van der Waals surface area contributed by atoms with Gasteiger partial charge in [0.1, 0.15) is 5.00 Å². The molecule has 148 valence electrons. The van der Waals surface area contributed by atoms with Crippen molar-refractivity contribution in [1.82, 2.24) is 4.90 Å². The van der Waals surface area contributed by atoms with Gasteiger partial charge in [-0.05, 0) is 55.7 Å². The molecule has 1 aliphatic heterocycles. The lowest BCUT2D eigenvalue weighted by atomic mass is 9.88. The summed E-state index contributed by atoms with van der Waals surface area (Å²) in [5.41, 5.74) is 2.56. The molecule has 5 heteroatoms. The van der Waals surface area contributed by atoms with Crippen LogP contribution in [0.3, 0.4) is 0 Å². The topological polar surface area (TPSA) is 49.4 Å². The first kappa shape index (κ1) is 19.2. The molecular weight excluding hydrogens is 368 g/mol. The maximum atomic E-state index is 13.5. The fourth-order valence-electron chi connectivity index (χ4n) is 4.26. The number of rotatable bonds is 3. The van der Waals surface area contributed by atoms with Crippen molar-refractivity contribution in [2.45, 2.75) is 51.9 Å². The van der Waals surface area contributed by atoms with E-state index < -0.39 is 0 Å². The molecule has 4 rings (SSSR count). The Morgan fingerprint density at radius 1 is 1.07 bits per heavy atom. The molecule has 1 fully saturated rings. The highest BCUT2D eigenvalue weighted by Gasteiger charge is 2.31. The van der Waals surface area contributed by atoms with Gasteiger partial charge in [0.05, 0.1) is 5.56 Å². The highest BCUT2D eigenvalue weighted by molar-refractivity contribution is 7.17. The van der Waals surface area contributed by atoms with E-state index in [1.54, 1.807) is 23.5 Å². The van der Waals surface area contributed by atoms with Crippen LogP contribution in [0.2, 0.25) is 0 Å². The molecule has 1 saturated heterocycles. The van der Waals surface area contributed by atoms with E-state index in [1.165, 1.54) is 23.3 Å². The molecule has 2 aromatic rings. The number of carbonyl (C=O) groups excluding carboxylic acids is 2. The number of anilines is 1. The smallest absolute Gasteiger partial charge is 0.257 e. The molecule has 28 heavy (non-hydrogen) atoms. The third-order valence-corrected chi connectivity index (χ3v) is 7.05. The summed E-state index contributed by atoms with van der Waals surface area (Å²) in [6, 6.07) is 9.23. The van der Waals surface area contributed by atoms with Gasteiger partial charge in [-0.3, -0.25) is 9.59 Å². The summed E-state index contributed by atoms with van der Waals surface area (Å²) in [6.45, 7) is 3.92. The Balaban J connectivity index is 1.67. The number of likely N-dealkylation sites (tertiary alicyclic amines) is 1. The maximum Gasteiger partial charge on any atom is 0.257 e. The molecular formula is C23H28N2O2S. The summed E-state index contributed by atoms with van der Waals surface area (Å²) >= 11 is 1.61. The Hall–Kier alpha value is -2.14. The maximum absolute atomic E-state index is 13.5. The number of amides is 2. The van der Waals surface area contributed by atoms with Gasteiger partial charge < -0.3 is 10.2 Å². The van der Waals surface area contributed by atoms with Gasteiger partial charge in [-0.2, -0.15) is 0 Å². The molecule has 2 amide bonds. The second-order valence-corrected chi connectivity index (χ2v) is 9.19. The van der Waals surface area contributed by atoms with Crippen LogP contribution in [0.5, 0.6) is 0 Å². The van der Waals surface area contributed by atoms with Crippen LogP contribution < -0.4 is 5.32 Å². The van der Waals surface area contributed by atoms with E-state index in [0.29, 0.717) is 11.5 Å². The van der Waals surface area contributed by atoms with Crippen molar-refractivity contribution in [2.75, 3.05) is 18.4 Å². The molecule has 2 aliphatic rings. The largest absolute Gasteiger partial charge is 0.339 e. The van der Waals surface area contributed by atoms with Gasteiger partial charge in [-0.25, -0.2) is 0 Å². The number of benzene rings is 1. The molecule has 1 aromatic carbocycles. The summed E-state index contributed by atoms with van der Waals surface area (Å²) in [5, 5.41) is 3.80. The highest BCUT2D eigenvalue weighted by Crippen LogP contribution is 2.40. The molecule has 1 aliphatic carbocycles. The van der Waals surface area contributed by atoms with E-state index in [2.05, 4.69) is 12.2 Å². The molecule has 0 saturated carbocycles. The molecule has 1 unspecified atom stereocenters. The van der Waals surface area contributed by atoms with Crippen LogP contribution in [-0.4, -0.2) is 29.8 Å². The molecule has 1 N–H and O–H groups in total. The zero-order valence-corrected chi connectivity index (χ0v) is 17.3. The zero-order chi connectivity index (χ0) is 19.5. The third-order valence-electron chi connectivity index (χ3n) is 5.88. The van der Waals surface area contributed by atoms with Crippen molar-refractivity contribution < 1.29 is 9.59 Å². The fraction of sp³-hybridized carbons (Fsp3) is 0.478. The third kappa shape index (κ3) is 4.00. The second-order valence-electron chi connectivity index (χ2n) is 8.08. The molecule has 1 aromatic heterocycles. The van der Waals surface area contributed by atoms with Gasteiger partial charge >= 0.3 is 0 Å². The lowest BCUT2D eigenvalue weighted by Crippen LogP contribution is -2.33. The Labute approximate surface area is 170 Å². The van der Waals surface area contributed by atoms with Crippen molar-refractivity contribution in [1.29, 1.82) is 0 Å². The summed E-state index contributed by atoms with van der Waals surface area (Å²) < 4.78 is 0. The Bertz CT molecular complexity index is 851. The molecule has 0 bridgehead atoms. The van der Waals surface area contributed by atoms with Crippen molar-refractivity contribution in [3.8, 4) is 0 Å². The van der Waals surface area contributed by atoms with Gasteiger partial charge in [-0.15, -0.1) is 11.3 Å². The van der Waals surface area contributed by atoms with Crippen LogP contribution in [0.15, 0.2) is 30.3 Å². The van der Waals surface area contributed by atoms with Crippen molar-refractivity contribution in [3.05, 3.63) is 51.9 Å². The van der Waals surface area contributed by atoms with Crippen molar-refractivity contribution in [2.24, 2.45) is 5.92 Å². The summed E-state index contributed by atoms with van der Waals surface area (Å²) in [6.07, 6.45) is 7.57. The number of fused-ring (bicyclic) bond motifs is 1. The Morgan fingerprint density at radius 3 is 2.50 bits per heavy atom. The molecule has 2 heterocycles. The van der Waals surface area contributed by atoms with Crippen LogP contribution in [0.4, 0.5) is 5.00 Å². The van der Waals surface area contributed by atoms with Crippen molar-refractivity contribution in [3.63, 3.8) is 0 Å². The highest BCUT2D eigenvalue weighted by atomic mass is 32.1. The molecule has 0 radical (unpaired) electrons. The summed E-state index contributed by atoms with van der Waals surface area (Å²) in [5.74, 6) is 0.597. The Kier molecular flexibility index (Phi) is 5.81. The normalized spacial score (nSPS) is 19.6. The Morgan fingerprint density at radius 2 is 1.79 bits per heavy atom. The number of carbonyl (C=O) groups is 2. The average molecular weight is 397 g/mol. The standard InChI is InChI=1S/C23H28N2O2S/c1-16-11-12-18-19(15-16)28-22(24-21(26)17-9-5-4-6-10-17)20(18)23(27)25-13-7-2-3-8-14-25/h4-6,9-10,16H,2-3,7-8,11-15H2,1H3,(H,24,26). The first-order valence-corrected chi connectivity index (χ1v) is 11.3. The number of thiophene rings is 1. The zero-order valence-electron chi connectivity index (χ0n) is 16.5. The van der Waals surface area contributed by atoms with Crippen LogP contribution in [-0.2, 0) is 12.8 Å². The van der Waals surface area contributed by atoms with Gasteiger partial charge in [-0.1, -0.05) is 38.0 Å². The van der Waals surface area contributed by atoms with Crippen LogP contribution >= 0.6 is 11.3 Å². The minimum atomic E-state index is -0.142. The van der Waals surface area contributed by atoms with Gasteiger partial charge in [0, 0.05) is 23.5 Å². The van der Waals surface area contributed by atoms with E-state index in [0.717, 1.165) is 55.8 Å². The minimum Gasteiger partial charge on any atom is -0.339 e. The average Bonchev–Trinajstić information content (AvgIpc) is 2.87. The number of hydrogen-bond acceptors (Lipinski definition) is 3. The van der Waals surface area contributed by atoms with Crippen molar-refractivity contribution >= 4 is 28.2 Å². The van der Waals surface area contributed by atoms with E-state index in [1.807, 2.05) is 23.1 Å². The van der Waals surface area contributed by atoms with Gasteiger partial charge in [0.15, 0.2) is 0 Å². The van der Waals surface area contributed by atoms with E-state index >= 15 is 0 Å². The summed E-state index contributed by atoms with van der Waals surface area (Å²) in [7, 11) is 0. The SMILES string of the molecule is CC1CCc2c(sc(NC(=O)c3ccccc3)c2C(=O)N2CCCCCC2)C1. The van der Waals surface area contributed by atoms with Gasteiger partial charge in [0.25, 0.3) is 11.8 Å². The summed E-state index contributed by atoms with van der Waals surface area (Å²) in [4.78, 5) is 29.5. The lowest BCUT2D eigenvalue weighted by Gasteiger charge is -2.23. The fourth-order valence-corrected chi connectivity index (χ4v) is 5.66. The second kappa shape index (κ2) is 8.48. The number of nitrogens with zero attached hydrogens (tertiary/aromatic N) is 1. The van der Waals surface area contributed by atoms with E-state index in [-0.39, 0.29) is 11.8 Å². The van der Waals surface area contributed by atoms with Crippen LogP contribution in [0.25, 0.3) is 0 Å². The molecule has 1 atom stereocenters. The van der Waals surface area contributed by atoms with E-state index in [9.17, 15) is 9.59 Å². The number of hydrogen-bond donors (Lipinski definition) is 1. The van der Waals surface area contributed by atoms with Crippen LogP contribution in [0.1, 0.15) is 70.2 Å². The molecule has 4 nitrogen and oxygen atoms in total. The predicted molar refractivity (Wildman–Crippen MR) is 114 cm³/mol. The predicted octanol–water partition coefficient (Wildman–Crippen LogP) is 5.14. The van der Waals surface area contributed by atoms with E-state index in [4.69, 9.17) is 0 Å². The first-order valence-electron chi connectivity index (χ1n) is 10.4. The lowest BCUT2D eigenvalue weighted by molar-refractivity contribution is 0.0761. The monoisotopic (exact) mass is 396 g/mol. The van der Waals surface area contributed by atoms with Gasteiger partial charge in [0.2, 0.25) is 0 Å². The molecule has 0 spiro atoms. The quantitative estimate of drug-likeness (QED) is 0.781.